The van der Waals surface area contributed by atoms with E-state index in [0.29, 0.717) is 30.6 Å². The molecule has 0 radical (unpaired) electrons. The fourth-order valence-electron chi connectivity index (χ4n) is 7.51. The van der Waals surface area contributed by atoms with E-state index in [2.05, 4.69) is 32.9 Å². The second-order valence-electron chi connectivity index (χ2n) is 10.3. The van der Waals surface area contributed by atoms with Crippen molar-refractivity contribution in [2.45, 2.75) is 78.4 Å². The summed E-state index contributed by atoms with van der Waals surface area (Å²) in [5.74, 6) is 1.63. The summed E-state index contributed by atoms with van der Waals surface area (Å²) in [6.45, 7) is 8.54. The molecule has 0 bridgehead atoms. The average Bonchev–Trinajstić information content (AvgIpc) is 2.99. The lowest BCUT2D eigenvalue weighted by Gasteiger charge is -2.59. The minimum Gasteiger partial charge on any atom is -0.462 e. The Bertz CT molecular complexity index is 709. The maximum atomic E-state index is 11.8. The van der Waals surface area contributed by atoms with Crippen LogP contribution in [0.2, 0.25) is 0 Å². The molecule has 4 aliphatic carbocycles. The Morgan fingerprint density at radius 2 is 2.04 bits per heavy atom. The van der Waals surface area contributed by atoms with E-state index in [1.807, 2.05) is 0 Å². The van der Waals surface area contributed by atoms with Gasteiger partial charge in [0.1, 0.15) is 6.10 Å². The van der Waals surface area contributed by atoms with Crippen molar-refractivity contribution in [3.63, 3.8) is 0 Å². The van der Waals surface area contributed by atoms with Gasteiger partial charge in [0.15, 0.2) is 0 Å². The quantitative estimate of drug-likeness (QED) is 0.566. The van der Waals surface area contributed by atoms with Crippen molar-refractivity contribution in [2.75, 3.05) is 6.61 Å². The standard InChI is InChI=1S/C24H36O4/c1-14(13-25)19-7-8-20-18-6-5-16-11-17(27)12-22(28-15(2)26)24(16,4)21(18)9-10-23(19,20)3/h5,7,14,17-18,20-22,25,27H,6,8-13H2,1-4H3/t14-,17-,18+,20+,21+,22+,23-,24+/m1/s1. The van der Waals surface area contributed by atoms with Crippen LogP contribution in [0.15, 0.2) is 23.3 Å². The molecule has 0 aromatic carbocycles. The molecule has 0 saturated heterocycles. The first kappa shape index (κ1) is 20.2. The van der Waals surface area contributed by atoms with Crippen LogP contribution in [0, 0.1) is 34.5 Å². The zero-order valence-corrected chi connectivity index (χ0v) is 17.8. The highest BCUT2D eigenvalue weighted by Gasteiger charge is 2.60. The van der Waals surface area contributed by atoms with E-state index in [0.717, 1.165) is 25.7 Å². The first-order valence-electron chi connectivity index (χ1n) is 11.1. The molecule has 0 heterocycles. The number of carbonyl (C=O) groups is 1. The molecule has 4 rings (SSSR count). The summed E-state index contributed by atoms with van der Waals surface area (Å²) in [6, 6.07) is 0. The zero-order valence-electron chi connectivity index (χ0n) is 17.8. The van der Waals surface area contributed by atoms with Crippen molar-refractivity contribution in [1.29, 1.82) is 0 Å². The molecule has 4 aliphatic rings. The van der Waals surface area contributed by atoms with Crippen LogP contribution in [-0.2, 0) is 9.53 Å². The third-order valence-corrected chi connectivity index (χ3v) is 8.90. The molecular weight excluding hydrogens is 352 g/mol. The van der Waals surface area contributed by atoms with Gasteiger partial charge < -0.3 is 14.9 Å². The average molecular weight is 389 g/mol. The zero-order chi connectivity index (χ0) is 20.3. The number of ether oxygens (including phenoxy) is 1. The van der Waals surface area contributed by atoms with Gasteiger partial charge in [-0.25, -0.2) is 0 Å². The summed E-state index contributed by atoms with van der Waals surface area (Å²) < 4.78 is 5.81. The fourth-order valence-corrected chi connectivity index (χ4v) is 7.51. The van der Waals surface area contributed by atoms with Crippen molar-refractivity contribution in [3.8, 4) is 0 Å². The topological polar surface area (TPSA) is 66.8 Å². The number of rotatable bonds is 3. The van der Waals surface area contributed by atoms with Gasteiger partial charge in [-0.05, 0) is 55.3 Å². The summed E-state index contributed by atoms with van der Waals surface area (Å²) in [7, 11) is 0. The van der Waals surface area contributed by atoms with Crippen molar-refractivity contribution < 1.29 is 19.7 Å². The van der Waals surface area contributed by atoms with Crippen LogP contribution in [0.25, 0.3) is 0 Å². The van der Waals surface area contributed by atoms with E-state index in [9.17, 15) is 15.0 Å². The first-order chi connectivity index (χ1) is 13.2. The molecule has 4 heteroatoms. The molecule has 0 aliphatic heterocycles. The normalized spacial score (nSPS) is 45.9. The van der Waals surface area contributed by atoms with Gasteiger partial charge in [-0.1, -0.05) is 44.1 Å². The molecule has 0 aromatic heterocycles. The lowest BCUT2D eigenvalue weighted by Crippen LogP contribution is -2.56. The van der Waals surface area contributed by atoms with Gasteiger partial charge in [0.05, 0.1) is 6.10 Å². The third-order valence-electron chi connectivity index (χ3n) is 8.90. The fraction of sp³-hybridized carbons (Fsp3) is 0.792. The second kappa shape index (κ2) is 6.98. The molecular formula is C24H36O4. The molecule has 8 atom stereocenters. The van der Waals surface area contributed by atoms with E-state index < -0.39 is 6.10 Å². The Kier molecular flexibility index (Phi) is 5.03. The highest BCUT2D eigenvalue weighted by Crippen LogP contribution is 2.65. The monoisotopic (exact) mass is 388 g/mol. The van der Waals surface area contributed by atoms with Crippen molar-refractivity contribution >= 4 is 5.97 Å². The molecule has 2 fully saturated rings. The van der Waals surface area contributed by atoms with Gasteiger partial charge in [0.25, 0.3) is 0 Å². The van der Waals surface area contributed by atoms with E-state index in [1.54, 1.807) is 0 Å². The number of hydrogen-bond acceptors (Lipinski definition) is 4. The summed E-state index contributed by atoms with van der Waals surface area (Å²) >= 11 is 0. The van der Waals surface area contributed by atoms with Crippen LogP contribution in [0.4, 0.5) is 0 Å². The van der Waals surface area contributed by atoms with Crippen LogP contribution in [0.1, 0.15) is 66.2 Å². The number of aliphatic hydroxyl groups is 2. The summed E-state index contributed by atoms with van der Waals surface area (Å²) in [4.78, 5) is 11.8. The number of carbonyl (C=O) groups excluding carboxylic acids is 1. The maximum absolute atomic E-state index is 11.8. The van der Waals surface area contributed by atoms with Crippen LogP contribution in [-0.4, -0.2) is 35.0 Å². The second-order valence-corrected chi connectivity index (χ2v) is 10.3. The van der Waals surface area contributed by atoms with Crippen LogP contribution in [0.5, 0.6) is 0 Å². The smallest absolute Gasteiger partial charge is 0.302 e. The molecule has 0 spiro atoms. The number of esters is 1. The minimum atomic E-state index is -0.417. The molecule has 4 nitrogen and oxygen atoms in total. The molecule has 156 valence electrons. The molecule has 0 unspecified atom stereocenters. The lowest BCUT2D eigenvalue weighted by molar-refractivity contribution is -0.165. The van der Waals surface area contributed by atoms with Gasteiger partial charge in [-0.15, -0.1) is 0 Å². The van der Waals surface area contributed by atoms with Crippen molar-refractivity contribution in [1.82, 2.24) is 0 Å². The van der Waals surface area contributed by atoms with Gasteiger partial charge in [-0.2, -0.15) is 0 Å². The van der Waals surface area contributed by atoms with Crippen LogP contribution < -0.4 is 0 Å². The van der Waals surface area contributed by atoms with Gasteiger partial charge in [-0.3, -0.25) is 4.79 Å². The SMILES string of the molecule is CC(=O)O[C@H]1C[C@H](O)CC2=CC[C@@H]3[C@H](CC[C@]4(C)C([C@H](C)CO)=CC[C@@H]34)[C@]21C. The van der Waals surface area contributed by atoms with Crippen molar-refractivity contribution in [2.24, 2.45) is 34.5 Å². The maximum Gasteiger partial charge on any atom is 0.302 e. The summed E-state index contributed by atoms with van der Waals surface area (Å²) in [5, 5.41) is 20.1. The highest BCUT2D eigenvalue weighted by atomic mass is 16.5. The van der Waals surface area contributed by atoms with Gasteiger partial charge in [0, 0.05) is 31.3 Å². The Labute approximate surface area is 169 Å². The number of fused-ring (bicyclic) bond motifs is 5. The Balaban J connectivity index is 1.68. The highest BCUT2D eigenvalue weighted by molar-refractivity contribution is 5.66. The third kappa shape index (κ3) is 2.82. The minimum absolute atomic E-state index is 0.166. The van der Waals surface area contributed by atoms with E-state index in [1.165, 1.54) is 18.1 Å². The number of allylic oxidation sites excluding steroid dienone is 2. The number of aliphatic hydroxyl groups excluding tert-OH is 2. The Morgan fingerprint density at radius 3 is 2.71 bits per heavy atom. The lowest BCUT2D eigenvalue weighted by atomic mass is 9.46. The molecule has 2 saturated carbocycles. The van der Waals surface area contributed by atoms with Crippen LogP contribution >= 0.6 is 0 Å². The molecule has 0 aromatic rings. The number of hydrogen-bond donors (Lipinski definition) is 2. The predicted octanol–water partition coefficient (Wildman–Crippen LogP) is 4.02. The van der Waals surface area contributed by atoms with Crippen molar-refractivity contribution in [3.05, 3.63) is 23.3 Å². The van der Waals surface area contributed by atoms with Gasteiger partial charge >= 0.3 is 5.97 Å². The van der Waals surface area contributed by atoms with E-state index in [4.69, 9.17) is 4.74 Å². The Hall–Kier alpha value is -1.13. The summed E-state index contributed by atoms with van der Waals surface area (Å²) in [6.07, 6.45) is 9.78. The largest absolute Gasteiger partial charge is 0.462 e. The molecule has 0 amide bonds. The molecule has 28 heavy (non-hydrogen) atoms. The first-order valence-corrected chi connectivity index (χ1v) is 11.1. The van der Waals surface area contributed by atoms with Gasteiger partial charge in [0.2, 0.25) is 0 Å². The molecule has 2 N–H and O–H groups in total. The predicted molar refractivity (Wildman–Crippen MR) is 108 cm³/mol. The summed E-state index contributed by atoms with van der Waals surface area (Å²) in [5.41, 5.74) is 2.77. The Morgan fingerprint density at radius 1 is 1.29 bits per heavy atom. The van der Waals surface area contributed by atoms with E-state index >= 15 is 0 Å². The van der Waals surface area contributed by atoms with E-state index in [-0.39, 0.29) is 35.4 Å². The van der Waals surface area contributed by atoms with Crippen LogP contribution in [0.3, 0.4) is 0 Å².